The molecule has 0 unspecified atom stereocenters. The fraction of sp³-hybridized carbons (Fsp3) is 0.400. The Morgan fingerprint density at radius 3 is 3.00 bits per heavy atom. The molecule has 0 aliphatic heterocycles. The van der Waals surface area contributed by atoms with Crippen LogP contribution in [-0.2, 0) is 19.3 Å². The van der Waals surface area contributed by atoms with Gasteiger partial charge < -0.3 is 9.88 Å². The SMILES string of the molecule is CCCNCc1cccc(SCc2nccn2C)c1. The number of hydrogen-bond donors (Lipinski definition) is 1. The molecule has 2 rings (SSSR count). The van der Waals surface area contributed by atoms with Gasteiger partial charge in [0.2, 0.25) is 0 Å². The summed E-state index contributed by atoms with van der Waals surface area (Å²) in [4.78, 5) is 5.65. The smallest absolute Gasteiger partial charge is 0.118 e. The monoisotopic (exact) mass is 275 g/mol. The van der Waals surface area contributed by atoms with Gasteiger partial charge in [-0.1, -0.05) is 19.1 Å². The van der Waals surface area contributed by atoms with E-state index < -0.39 is 0 Å². The minimum Gasteiger partial charge on any atom is -0.337 e. The van der Waals surface area contributed by atoms with Crippen LogP contribution in [0.15, 0.2) is 41.6 Å². The van der Waals surface area contributed by atoms with E-state index in [2.05, 4.69) is 46.1 Å². The van der Waals surface area contributed by atoms with Crippen LogP contribution in [0.1, 0.15) is 24.7 Å². The van der Waals surface area contributed by atoms with Gasteiger partial charge in [-0.3, -0.25) is 0 Å². The highest BCUT2D eigenvalue weighted by atomic mass is 32.2. The van der Waals surface area contributed by atoms with Crippen molar-refractivity contribution in [1.29, 1.82) is 0 Å². The molecular formula is C15H21N3S. The first-order valence-electron chi connectivity index (χ1n) is 6.68. The Balaban J connectivity index is 1.90. The average molecular weight is 275 g/mol. The second-order valence-electron chi connectivity index (χ2n) is 4.57. The van der Waals surface area contributed by atoms with Crippen molar-refractivity contribution in [2.24, 2.45) is 7.05 Å². The van der Waals surface area contributed by atoms with E-state index in [4.69, 9.17) is 0 Å². The molecule has 1 N–H and O–H groups in total. The predicted octanol–water partition coefficient (Wildman–Crippen LogP) is 3.21. The maximum Gasteiger partial charge on any atom is 0.118 e. The second kappa shape index (κ2) is 7.36. The first-order chi connectivity index (χ1) is 9.29. The summed E-state index contributed by atoms with van der Waals surface area (Å²) in [5, 5.41) is 3.43. The number of benzene rings is 1. The largest absolute Gasteiger partial charge is 0.337 e. The van der Waals surface area contributed by atoms with Crippen molar-refractivity contribution in [1.82, 2.24) is 14.9 Å². The molecule has 0 saturated carbocycles. The van der Waals surface area contributed by atoms with Crippen LogP contribution in [0.25, 0.3) is 0 Å². The number of imidazole rings is 1. The molecule has 2 aromatic rings. The summed E-state index contributed by atoms with van der Waals surface area (Å²) < 4.78 is 2.07. The van der Waals surface area contributed by atoms with E-state index in [1.54, 1.807) is 0 Å². The van der Waals surface area contributed by atoms with Gasteiger partial charge in [0.1, 0.15) is 5.82 Å². The number of nitrogens with zero attached hydrogens (tertiary/aromatic N) is 2. The Kier molecular flexibility index (Phi) is 5.48. The molecule has 0 spiro atoms. The summed E-state index contributed by atoms with van der Waals surface area (Å²) >= 11 is 1.83. The van der Waals surface area contributed by atoms with Crippen molar-refractivity contribution in [3.05, 3.63) is 48.0 Å². The Morgan fingerprint density at radius 1 is 1.37 bits per heavy atom. The maximum absolute atomic E-state index is 4.34. The first kappa shape index (κ1) is 14.2. The minimum absolute atomic E-state index is 0.912. The van der Waals surface area contributed by atoms with E-state index in [0.717, 1.165) is 24.7 Å². The highest BCUT2D eigenvalue weighted by molar-refractivity contribution is 7.98. The van der Waals surface area contributed by atoms with Gasteiger partial charge in [-0.05, 0) is 30.7 Å². The third-order valence-corrected chi connectivity index (χ3v) is 3.93. The highest BCUT2D eigenvalue weighted by Crippen LogP contribution is 2.22. The van der Waals surface area contributed by atoms with Gasteiger partial charge in [0.05, 0.1) is 5.75 Å². The van der Waals surface area contributed by atoms with Crippen molar-refractivity contribution < 1.29 is 0 Å². The van der Waals surface area contributed by atoms with Crippen LogP contribution < -0.4 is 5.32 Å². The van der Waals surface area contributed by atoms with E-state index in [1.165, 1.54) is 16.9 Å². The molecule has 0 amide bonds. The summed E-state index contributed by atoms with van der Waals surface area (Å²) in [6.45, 7) is 4.21. The zero-order valence-electron chi connectivity index (χ0n) is 11.6. The molecule has 0 atom stereocenters. The number of rotatable bonds is 7. The normalized spacial score (nSPS) is 10.8. The zero-order chi connectivity index (χ0) is 13.5. The van der Waals surface area contributed by atoms with Crippen LogP contribution in [-0.4, -0.2) is 16.1 Å². The van der Waals surface area contributed by atoms with Gasteiger partial charge in [-0.15, -0.1) is 11.8 Å². The van der Waals surface area contributed by atoms with Crippen LogP contribution >= 0.6 is 11.8 Å². The van der Waals surface area contributed by atoms with Gasteiger partial charge in [0.25, 0.3) is 0 Å². The van der Waals surface area contributed by atoms with Crippen LogP contribution in [0.5, 0.6) is 0 Å². The topological polar surface area (TPSA) is 29.9 Å². The van der Waals surface area contributed by atoms with E-state index >= 15 is 0 Å². The van der Waals surface area contributed by atoms with Crippen LogP contribution in [0, 0.1) is 0 Å². The molecule has 0 aliphatic rings. The molecule has 0 fully saturated rings. The lowest BCUT2D eigenvalue weighted by Crippen LogP contribution is -2.13. The van der Waals surface area contributed by atoms with Crippen LogP contribution in [0.2, 0.25) is 0 Å². The van der Waals surface area contributed by atoms with E-state index in [0.29, 0.717) is 0 Å². The highest BCUT2D eigenvalue weighted by Gasteiger charge is 2.01. The number of hydrogen-bond acceptors (Lipinski definition) is 3. The Labute approximate surface area is 119 Å². The second-order valence-corrected chi connectivity index (χ2v) is 5.62. The molecule has 3 nitrogen and oxygen atoms in total. The first-order valence-corrected chi connectivity index (χ1v) is 7.67. The number of aryl methyl sites for hydroxylation is 1. The Bertz CT molecular complexity index is 508. The van der Waals surface area contributed by atoms with Crippen molar-refractivity contribution in [3.8, 4) is 0 Å². The zero-order valence-corrected chi connectivity index (χ0v) is 12.4. The summed E-state index contributed by atoms with van der Waals surface area (Å²) in [5.74, 6) is 2.02. The van der Waals surface area contributed by atoms with Crippen LogP contribution in [0.4, 0.5) is 0 Å². The lowest BCUT2D eigenvalue weighted by Gasteiger charge is -2.06. The van der Waals surface area contributed by atoms with Gasteiger partial charge >= 0.3 is 0 Å². The molecule has 0 bridgehead atoms. The molecule has 1 heterocycles. The summed E-state index contributed by atoms with van der Waals surface area (Å²) in [6.07, 6.45) is 5.01. The molecule has 4 heteroatoms. The fourth-order valence-corrected chi connectivity index (χ4v) is 2.82. The van der Waals surface area contributed by atoms with E-state index in [9.17, 15) is 0 Å². The third kappa shape index (κ3) is 4.40. The quantitative estimate of drug-likeness (QED) is 0.621. The molecule has 102 valence electrons. The average Bonchev–Trinajstić information content (AvgIpc) is 2.83. The lowest BCUT2D eigenvalue weighted by atomic mass is 10.2. The Morgan fingerprint density at radius 2 is 2.26 bits per heavy atom. The maximum atomic E-state index is 4.34. The number of aromatic nitrogens is 2. The summed E-state index contributed by atoms with van der Waals surface area (Å²) in [7, 11) is 2.04. The summed E-state index contributed by atoms with van der Waals surface area (Å²) in [6, 6.07) is 8.73. The molecular weight excluding hydrogens is 254 g/mol. The molecule has 1 aromatic carbocycles. The van der Waals surface area contributed by atoms with Crippen molar-refractivity contribution in [2.75, 3.05) is 6.54 Å². The predicted molar refractivity (Wildman–Crippen MR) is 81.2 cm³/mol. The molecule has 0 aliphatic carbocycles. The van der Waals surface area contributed by atoms with Gasteiger partial charge in [-0.2, -0.15) is 0 Å². The van der Waals surface area contributed by atoms with Crippen molar-refractivity contribution in [3.63, 3.8) is 0 Å². The van der Waals surface area contributed by atoms with Crippen molar-refractivity contribution >= 4 is 11.8 Å². The van der Waals surface area contributed by atoms with E-state index in [1.807, 2.05) is 31.2 Å². The van der Waals surface area contributed by atoms with Crippen LogP contribution in [0.3, 0.4) is 0 Å². The van der Waals surface area contributed by atoms with Gasteiger partial charge in [0.15, 0.2) is 0 Å². The third-order valence-electron chi connectivity index (χ3n) is 2.94. The summed E-state index contributed by atoms with van der Waals surface area (Å²) in [5.41, 5.74) is 1.35. The number of nitrogens with one attached hydrogen (secondary N) is 1. The van der Waals surface area contributed by atoms with Gasteiger partial charge in [-0.25, -0.2) is 4.98 Å². The molecule has 1 aromatic heterocycles. The molecule has 19 heavy (non-hydrogen) atoms. The lowest BCUT2D eigenvalue weighted by molar-refractivity contribution is 0.674. The standard InChI is InChI=1S/C15H21N3S/c1-3-7-16-11-13-5-4-6-14(10-13)19-12-15-17-8-9-18(15)2/h4-6,8-10,16H,3,7,11-12H2,1-2H3. The minimum atomic E-state index is 0.912. The van der Waals surface area contributed by atoms with E-state index in [-0.39, 0.29) is 0 Å². The molecule has 0 radical (unpaired) electrons. The Hall–Kier alpha value is -1.26. The molecule has 0 saturated heterocycles. The van der Waals surface area contributed by atoms with Crippen molar-refractivity contribution in [2.45, 2.75) is 30.5 Å². The fourth-order valence-electron chi connectivity index (χ4n) is 1.84. The van der Waals surface area contributed by atoms with Gasteiger partial charge in [0, 0.05) is 30.9 Å². The number of thioether (sulfide) groups is 1.